The molecule has 30 heavy (non-hydrogen) atoms. The van der Waals surface area contributed by atoms with Crippen LogP contribution in [0.15, 0.2) is 53.0 Å². The van der Waals surface area contributed by atoms with Gasteiger partial charge in [-0.2, -0.15) is 0 Å². The molecular formula is C24H23BrN2O3. The molecule has 0 aromatic heterocycles. The molecule has 154 valence electrons. The summed E-state index contributed by atoms with van der Waals surface area (Å²) in [6.07, 6.45) is 1.89. The number of halogens is 1. The zero-order valence-electron chi connectivity index (χ0n) is 16.7. The van der Waals surface area contributed by atoms with Crippen LogP contribution < -0.4 is 5.32 Å². The number of rotatable bonds is 4. The lowest BCUT2D eigenvalue weighted by molar-refractivity contribution is -0.143. The van der Waals surface area contributed by atoms with E-state index < -0.39 is 0 Å². The van der Waals surface area contributed by atoms with Crippen molar-refractivity contribution in [3.63, 3.8) is 0 Å². The third kappa shape index (κ3) is 3.09. The van der Waals surface area contributed by atoms with Gasteiger partial charge in [-0.05, 0) is 66.8 Å². The van der Waals surface area contributed by atoms with Gasteiger partial charge in [-0.3, -0.25) is 19.3 Å². The molecular weight excluding hydrogens is 444 g/mol. The van der Waals surface area contributed by atoms with Gasteiger partial charge in [0, 0.05) is 10.2 Å². The summed E-state index contributed by atoms with van der Waals surface area (Å²) in [4.78, 5) is 40.0. The molecule has 0 spiro atoms. The molecule has 3 amide bonds. The van der Waals surface area contributed by atoms with E-state index in [1.165, 1.54) is 10.5 Å². The van der Waals surface area contributed by atoms with E-state index in [2.05, 4.69) is 33.4 Å². The molecule has 1 N–H and O–H groups in total. The van der Waals surface area contributed by atoms with Crippen LogP contribution in [0.1, 0.15) is 29.9 Å². The molecule has 2 saturated carbocycles. The van der Waals surface area contributed by atoms with Gasteiger partial charge in [0.25, 0.3) is 0 Å². The predicted octanol–water partition coefficient (Wildman–Crippen LogP) is 4.12. The van der Waals surface area contributed by atoms with Crippen LogP contribution in [0.3, 0.4) is 0 Å². The summed E-state index contributed by atoms with van der Waals surface area (Å²) < 4.78 is 0.930. The van der Waals surface area contributed by atoms with Crippen LogP contribution in [0.5, 0.6) is 0 Å². The Morgan fingerprint density at radius 2 is 1.80 bits per heavy atom. The number of carbonyl (C=O) groups is 3. The lowest BCUT2D eigenvalue weighted by atomic mass is 9.73. The zero-order valence-corrected chi connectivity index (χ0v) is 18.3. The molecule has 0 unspecified atom stereocenters. The molecule has 5 rings (SSSR count). The number of hydrogen-bond acceptors (Lipinski definition) is 3. The van der Waals surface area contributed by atoms with Gasteiger partial charge in [-0.15, -0.1) is 0 Å². The largest absolute Gasteiger partial charge is 0.324 e. The molecule has 6 heteroatoms. The van der Waals surface area contributed by atoms with Gasteiger partial charge in [0.05, 0.1) is 11.8 Å². The van der Waals surface area contributed by atoms with Crippen LogP contribution >= 0.6 is 15.9 Å². The molecule has 2 aromatic rings. The Hall–Kier alpha value is -2.47. The van der Waals surface area contributed by atoms with Crippen LogP contribution in [0.4, 0.5) is 5.69 Å². The Kier molecular flexibility index (Phi) is 4.77. The van der Waals surface area contributed by atoms with Gasteiger partial charge < -0.3 is 5.32 Å². The molecule has 1 saturated heterocycles. The third-order valence-electron chi connectivity index (χ3n) is 7.10. The lowest BCUT2D eigenvalue weighted by Crippen LogP contribution is -2.39. The number of fused-ring (bicyclic) bond motifs is 5. The Labute approximate surface area is 184 Å². The van der Waals surface area contributed by atoms with E-state index in [-0.39, 0.29) is 47.9 Å². The van der Waals surface area contributed by atoms with E-state index in [0.717, 1.165) is 22.9 Å². The fraction of sp³-hybridized carbons (Fsp3) is 0.375. The van der Waals surface area contributed by atoms with E-state index in [1.807, 2.05) is 43.3 Å². The monoisotopic (exact) mass is 466 g/mol. The second-order valence-corrected chi connectivity index (χ2v) is 9.65. The van der Waals surface area contributed by atoms with Gasteiger partial charge in [-0.25, -0.2) is 0 Å². The van der Waals surface area contributed by atoms with Crippen molar-refractivity contribution in [1.82, 2.24) is 4.90 Å². The second kappa shape index (κ2) is 7.34. The number of anilines is 1. The first-order valence-electron chi connectivity index (χ1n) is 10.4. The molecule has 1 aliphatic heterocycles. The minimum atomic E-state index is -0.339. The van der Waals surface area contributed by atoms with Crippen LogP contribution in [0, 0.1) is 30.6 Å². The maximum Gasteiger partial charge on any atom is 0.244 e. The maximum atomic E-state index is 13.2. The summed E-state index contributed by atoms with van der Waals surface area (Å²) in [7, 11) is 0. The van der Waals surface area contributed by atoms with Crippen molar-refractivity contribution < 1.29 is 14.4 Å². The summed E-state index contributed by atoms with van der Waals surface area (Å²) in [6.45, 7) is 1.69. The first kappa shape index (κ1) is 19.5. The summed E-state index contributed by atoms with van der Waals surface area (Å²) in [5.74, 6) is -0.424. The van der Waals surface area contributed by atoms with E-state index in [4.69, 9.17) is 0 Å². The smallest absolute Gasteiger partial charge is 0.244 e. The number of carbonyl (C=O) groups excluding carboxylic acids is 3. The minimum Gasteiger partial charge on any atom is -0.324 e. The highest BCUT2D eigenvalue weighted by atomic mass is 79.9. The highest BCUT2D eigenvalue weighted by Crippen LogP contribution is 2.61. The third-order valence-corrected chi connectivity index (χ3v) is 7.59. The molecule has 1 heterocycles. The Balaban J connectivity index is 1.31. The molecule has 5 atom stereocenters. The zero-order chi connectivity index (χ0) is 21.0. The molecule has 0 radical (unpaired) electrons. The summed E-state index contributed by atoms with van der Waals surface area (Å²) in [5.41, 5.74) is 2.86. The average Bonchev–Trinajstić information content (AvgIpc) is 3.39. The standard InChI is InChI=1S/C24H23BrN2O3/c1-13-9-16(25)7-8-19(13)26-20(28)12-27-23(29)21-15-10-17(14-5-3-2-4-6-14)18(11-15)22(21)24(27)30/h2-9,15,17-18,21-22H,10-12H2,1H3,(H,26,28)/t15-,17+,18+,21+,22+/m0/s1. The van der Waals surface area contributed by atoms with Gasteiger partial charge >= 0.3 is 0 Å². The molecule has 3 fully saturated rings. The number of benzene rings is 2. The van der Waals surface area contributed by atoms with Gasteiger partial charge in [0.1, 0.15) is 6.54 Å². The molecule has 2 aromatic carbocycles. The van der Waals surface area contributed by atoms with Crippen molar-refractivity contribution in [3.05, 3.63) is 64.1 Å². The van der Waals surface area contributed by atoms with Gasteiger partial charge in [-0.1, -0.05) is 46.3 Å². The normalized spacial score (nSPS) is 29.4. The Bertz CT molecular complexity index is 1040. The fourth-order valence-electron chi connectivity index (χ4n) is 5.86. The Morgan fingerprint density at radius 1 is 1.07 bits per heavy atom. The van der Waals surface area contributed by atoms with Crippen molar-refractivity contribution in [3.8, 4) is 0 Å². The second-order valence-electron chi connectivity index (χ2n) is 8.73. The van der Waals surface area contributed by atoms with Crippen LogP contribution in [0.25, 0.3) is 0 Å². The van der Waals surface area contributed by atoms with Crippen molar-refractivity contribution in [2.75, 3.05) is 11.9 Å². The number of nitrogens with zero attached hydrogens (tertiary/aromatic N) is 1. The molecule has 2 bridgehead atoms. The number of likely N-dealkylation sites (tertiary alicyclic amines) is 1. The number of aryl methyl sites for hydroxylation is 1. The number of nitrogens with one attached hydrogen (secondary N) is 1. The van der Waals surface area contributed by atoms with Gasteiger partial charge in [0.15, 0.2) is 0 Å². The van der Waals surface area contributed by atoms with Crippen LogP contribution in [-0.4, -0.2) is 29.2 Å². The summed E-state index contributed by atoms with van der Waals surface area (Å²) in [5, 5.41) is 2.84. The van der Waals surface area contributed by atoms with E-state index >= 15 is 0 Å². The first-order valence-corrected chi connectivity index (χ1v) is 11.2. The summed E-state index contributed by atoms with van der Waals surface area (Å²) >= 11 is 3.41. The SMILES string of the molecule is Cc1cc(Br)ccc1NC(=O)CN1C(=O)[C@@H]2[C@@H]3C[C@@H]([C@H]2C1=O)[C@@H](c1ccccc1)C3. The number of amides is 3. The first-order chi connectivity index (χ1) is 14.4. The van der Waals surface area contributed by atoms with Crippen molar-refractivity contribution in [1.29, 1.82) is 0 Å². The fourth-order valence-corrected chi connectivity index (χ4v) is 6.34. The molecule has 5 nitrogen and oxygen atoms in total. The Morgan fingerprint density at radius 3 is 2.53 bits per heavy atom. The quantitative estimate of drug-likeness (QED) is 0.689. The number of hydrogen-bond donors (Lipinski definition) is 1. The van der Waals surface area contributed by atoms with Crippen LogP contribution in [-0.2, 0) is 14.4 Å². The topological polar surface area (TPSA) is 66.5 Å². The van der Waals surface area contributed by atoms with Crippen molar-refractivity contribution in [2.24, 2.45) is 23.7 Å². The molecule has 2 aliphatic carbocycles. The maximum absolute atomic E-state index is 13.2. The van der Waals surface area contributed by atoms with Crippen molar-refractivity contribution in [2.45, 2.75) is 25.7 Å². The highest BCUT2D eigenvalue weighted by Gasteiger charge is 2.63. The number of imide groups is 1. The van der Waals surface area contributed by atoms with Crippen molar-refractivity contribution >= 4 is 39.3 Å². The lowest BCUT2D eigenvalue weighted by Gasteiger charge is -2.28. The summed E-state index contributed by atoms with van der Waals surface area (Å²) in [6, 6.07) is 15.9. The van der Waals surface area contributed by atoms with Gasteiger partial charge in [0.2, 0.25) is 17.7 Å². The van der Waals surface area contributed by atoms with Crippen LogP contribution in [0.2, 0.25) is 0 Å². The minimum absolute atomic E-state index is 0.160. The molecule has 3 aliphatic rings. The average molecular weight is 467 g/mol. The predicted molar refractivity (Wildman–Crippen MR) is 117 cm³/mol. The van der Waals surface area contributed by atoms with E-state index in [0.29, 0.717) is 11.6 Å². The van der Waals surface area contributed by atoms with E-state index in [1.54, 1.807) is 0 Å². The highest BCUT2D eigenvalue weighted by molar-refractivity contribution is 9.10. The van der Waals surface area contributed by atoms with E-state index in [9.17, 15) is 14.4 Å².